The fourth-order valence-electron chi connectivity index (χ4n) is 4.87. The van der Waals surface area contributed by atoms with Crippen LogP contribution in [0.3, 0.4) is 0 Å². The van der Waals surface area contributed by atoms with Crippen LogP contribution in [0, 0.1) is 6.92 Å². The predicted molar refractivity (Wildman–Crippen MR) is 154 cm³/mol. The third-order valence-corrected chi connectivity index (χ3v) is 7.82. The first-order valence-corrected chi connectivity index (χ1v) is 13.6. The Morgan fingerprint density at radius 1 is 1.10 bits per heavy atom. The zero-order chi connectivity index (χ0) is 27.8. The molecule has 2 heterocycles. The van der Waals surface area contributed by atoms with Crippen molar-refractivity contribution in [2.75, 3.05) is 18.6 Å². The van der Waals surface area contributed by atoms with Crippen molar-refractivity contribution in [1.29, 1.82) is 0 Å². The van der Waals surface area contributed by atoms with Crippen LogP contribution in [0.15, 0.2) is 66.2 Å². The van der Waals surface area contributed by atoms with E-state index in [1.54, 1.807) is 37.4 Å². The molecule has 3 aromatic carbocycles. The minimum atomic E-state index is -0.893. The second-order valence-electron chi connectivity index (χ2n) is 9.75. The summed E-state index contributed by atoms with van der Waals surface area (Å²) in [4.78, 5) is 33.3. The van der Waals surface area contributed by atoms with Crippen molar-refractivity contribution in [3.8, 4) is 11.5 Å². The van der Waals surface area contributed by atoms with Gasteiger partial charge in [-0.05, 0) is 78.9 Å². The zero-order valence-electron chi connectivity index (χ0n) is 22.5. The van der Waals surface area contributed by atoms with Gasteiger partial charge in [-0.25, -0.2) is 4.98 Å². The molecule has 0 bridgehead atoms. The monoisotopic (exact) mass is 542 g/mol. The number of ketones is 1. The summed E-state index contributed by atoms with van der Waals surface area (Å²) in [6.07, 6.45) is 0. The van der Waals surface area contributed by atoms with Crippen molar-refractivity contribution in [2.24, 2.45) is 0 Å². The lowest BCUT2D eigenvalue weighted by molar-refractivity contribution is -0.132. The molecule has 1 atom stereocenters. The van der Waals surface area contributed by atoms with E-state index in [1.165, 1.54) is 16.2 Å². The first kappa shape index (κ1) is 26.4. The Labute approximate surface area is 231 Å². The molecule has 200 valence electrons. The van der Waals surface area contributed by atoms with Crippen LogP contribution in [0.5, 0.6) is 11.5 Å². The van der Waals surface area contributed by atoms with Crippen LogP contribution in [0.2, 0.25) is 0 Å². The second kappa shape index (κ2) is 10.5. The summed E-state index contributed by atoms with van der Waals surface area (Å²) in [6.45, 7) is 8.48. The Morgan fingerprint density at radius 2 is 1.90 bits per heavy atom. The van der Waals surface area contributed by atoms with Crippen LogP contribution in [-0.2, 0) is 9.59 Å². The van der Waals surface area contributed by atoms with Crippen molar-refractivity contribution < 1.29 is 24.2 Å². The van der Waals surface area contributed by atoms with Gasteiger partial charge in [0.15, 0.2) is 5.13 Å². The van der Waals surface area contributed by atoms with Gasteiger partial charge in [-0.2, -0.15) is 0 Å². The van der Waals surface area contributed by atoms with Gasteiger partial charge in [0.2, 0.25) is 0 Å². The SMILES string of the molecule is CCOc1ccc(/C(O)=C2\C(=O)C(=O)N(c3nc4ccc(C)cc4s3)C2c2cccc(OC)c2)cc1C(C)C. The number of rotatable bonds is 7. The topological polar surface area (TPSA) is 89.0 Å². The second-order valence-corrected chi connectivity index (χ2v) is 10.8. The number of aliphatic hydroxyl groups is 1. The van der Waals surface area contributed by atoms with Gasteiger partial charge in [-0.3, -0.25) is 14.5 Å². The van der Waals surface area contributed by atoms with Crippen molar-refractivity contribution in [1.82, 2.24) is 4.98 Å². The molecule has 39 heavy (non-hydrogen) atoms. The minimum Gasteiger partial charge on any atom is -0.507 e. The maximum atomic E-state index is 13.6. The summed E-state index contributed by atoms with van der Waals surface area (Å²) in [5.74, 6) is -0.349. The number of fused-ring (bicyclic) bond motifs is 1. The molecule has 4 aromatic rings. The number of anilines is 1. The van der Waals surface area contributed by atoms with Gasteiger partial charge in [0.05, 0.1) is 35.5 Å². The molecule has 7 nitrogen and oxygen atoms in total. The van der Waals surface area contributed by atoms with Crippen molar-refractivity contribution in [2.45, 2.75) is 39.7 Å². The highest BCUT2D eigenvalue weighted by Gasteiger charge is 2.48. The predicted octanol–water partition coefficient (Wildman–Crippen LogP) is 6.76. The van der Waals surface area contributed by atoms with Crippen LogP contribution in [-0.4, -0.2) is 35.5 Å². The average molecular weight is 543 g/mol. The van der Waals surface area contributed by atoms with Crippen molar-refractivity contribution in [3.05, 3.63) is 88.5 Å². The van der Waals surface area contributed by atoms with E-state index < -0.39 is 17.7 Å². The van der Waals surface area contributed by atoms with Gasteiger partial charge in [0.25, 0.3) is 5.78 Å². The largest absolute Gasteiger partial charge is 0.507 e. The number of ether oxygens (including phenoxy) is 2. The number of carbonyl (C=O) groups is 2. The molecule has 8 heteroatoms. The number of hydrogen-bond donors (Lipinski definition) is 1. The number of Topliss-reactive ketones (excluding diaryl/α,β-unsaturated/α-hetero) is 1. The number of nitrogens with zero attached hydrogens (tertiary/aromatic N) is 2. The smallest absolute Gasteiger partial charge is 0.301 e. The maximum Gasteiger partial charge on any atom is 0.301 e. The summed E-state index contributed by atoms with van der Waals surface area (Å²) >= 11 is 1.34. The maximum absolute atomic E-state index is 13.6. The van der Waals surface area contributed by atoms with Gasteiger partial charge in [-0.1, -0.05) is 43.4 Å². The first-order valence-electron chi connectivity index (χ1n) is 12.8. The average Bonchev–Trinajstić information content (AvgIpc) is 3.46. The summed E-state index contributed by atoms with van der Waals surface area (Å²) < 4.78 is 12.1. The van der Waals surface area contributed by atoms with E-state index in [-0.39, 0.29) is 17.3 Å². The number of aryl methyl sites for hydroxylation is 1. The van der Waals surface area contributed by atoms with Crippen molar-refractivity contribution in [3.63, 3.8) is 0 Å². The summed E-state index contributed by atoms with van der Waals surface area (Å²) in [5.41, 5.74) is 3.77. The molecule has 0 aliphatic carbocycles. The molecule has 1 N–H and O–H groups in total. The lowest BCUT2D eigenvalue weighted by Gasteiger charge is -2.23. The Hall–Kier alpha value is -4.17. The van der Waals surface area contributed by atoms with E-state index in [0.717, 1.165) is 27.1 Å². The Morgan fingerprint density at radius 3 is 2.62 bits per heavy atom. The van der Waals surface area contributed by atoms with E-state index in [4.69, 9.17) is 14.5 Å². The molecule has 5 rings (SSSR count). The first-order chi connectivity index (χ1) is 18.7. The lowest BCUT2D eigenvalue weighted by Crippen LogP contribution is -2.29. The summed E-state index contributed by atoms with van der Waals surface area (Å²) in [6, 6.07) is 17.5. The molecule has 1 amide bonds. The molecule has 1 fully saturated rings. The fraction of sp³-hybridized carbons (Fsp3) is 0.258. The van der Waals surface area contributed by atoms with Crippen molar-refractivity contribution >= 4 is 44.1 Å². The van der Waals surface area contributed by atoms with Crippen LogP contribution >= 0.6 is 11.3 Å². The Kier molecular flexibility index (Phi) is 7.14. The number of aliphatic hydroxyl groups excluding tert-OH is 1. The number of amides is 1. The molecule has 1 unspecified atom stereocenters. The van der Waals surface area contributed by atoms with Crippen LogP contribution in [0.4, 0.5) is 5.13 Å². The minimum absolute atomic E-state index is 0.00237. The quantitative estimate of drug-likeness (QED) is 0.158. The Bertz CT molecular complexity index is 1620. The molecule has 0 spiro atoms. The number of aromatic nitrogens is 1. The molecule has 1 saturated heterocycles. The normalized spacial score (nSPS) is 16.9. The van der Waals surface area contributed by atoms with Crippen LogP contribution in [0.1, 0.15) is 55.0 Å². The third-order valence-electron chi connectivity index (χ3n) is 6.80. The van der Waals surface area contributed by atoms with Gasteiger partial charge in [0.1, 0.15) is 17.3 Å². The Balaban J connectivity index is 1.72. The highest BCUT2D eigenvalue weighted by molar-refractivity contribution is 7.22. The molecule has 0 radical (unpaired) electrons. The van der Waals surface area contributed by atoms with Gasteiger partial charge in [0, 0.05) is 5.56 Å². The summed E-state index contributed by atoms with van der Waals surface area (Å²) in [5, 5.41) is 12.0. The standard InChI is InChI=1S/C31H30N2O5S/c1-6-38-24-13-11-20(16-22(24)17(2)3)28(34)26-27(19-8-7-9-21(15-19)37-5)33(30(36)29(26)35)31-32-23-12-10-18(4)14-25(23)39-31/h7-17,27,34H,6H2,1-5H3/b28-26+. The van der Waals surface area contributed by atoms with E-state index >= 15 is 0 Å². The van der Waals surface area contributed by atoms with E-state index in [2.05, 4.69) is 0 Å². The highest BCUT2D eigenvalue weighted by atomic mass is 32.1. The number of benzene rings is 3. The number of hydrogen-bond acceptors (Lipinski definition) is 7. The van der Waals surface area contributed by atoms with E-state index in [0.29, 0.717) is 28.6 Å². The molecule has 1 aromatic heterocycles. The molecule has 1 aliphatic rings. The van der Waals surface area contributed by atoms with E-state index in [9.17, 15) is 14.7 Å². The third kappa shape index (κ3) is 4.76. The zero-order valence-corrected chi connectivity index (χ0v) is 23.3. The van der Waals surface area contributed by atoms with Crippen LogP contribution < -0.4 is 14.4 Å². The molecular weight excluding hydrogens is 512 g/mol. The fourth-order valence-corrected chi connectivity index (χ4v) is 5.96. The highest BCUT2D eigenvalue weighted by Crippen LogP contribution is 2.45. The molecular formula is C31H30N2O5S. The van der Waals surface area contributed by atoms with Gasteiger partial charge < -0.3 is 14.6 Å². The molecule has 1 aliphatic heterocycles. The van der Waals surface area contributed by atoms with Gasteiger partial charge in [-0.15, -0.1) is 0 Å². The summed E-state index contributed by atoms with van der Waals surface area (Å²) in [7, 11) is 1.55. The van der Waals surface area contributed by atoms with Gasteiger partial charge >= 0.3 is 5.91 Å². The van der Waals surface area contributed by atoms with E-state index in [1.807, 2.05) is 58.0 Å². The number of carbonyl (C=O) groups excluding carboxylic acids is 2. The number of thiazole rings is 1. The lowest BCUT2D eigenvalue weighted by atomic mass is 9.93. The number of methoxy groups -OCH3 is 1. The van der Waals surface area contributed by atoms with Crippen LogP contribution in [0.25, 0.3) is 16.0 Å². The molecule has 0 saturated carbocycles.